The first-order valence-electron chi connectivity index (χ1n) is 8.67. The summed E-state index contributed by atoms with van der Waals surface area (Å²) in [7, 11) is 0. The van der Waals surface area contributed by atoms with Gasteiger partial charge in [0.15, 0.2) is 0 Å². The van der Waals surface area contributed by atoms with Crippen molar-refractivity contribution in [1.29, 1.82) is 0 Å². The predicted octanol–water partition coefficient (Wildman–Crippen LogP) is 2.83. The molecule has 0 bridgehead atoms. The van der Waals surface area contributed by atoms with Crippen LogP contribution in [0.2, 0.25) is 0 Å². The van der Waals surface area contributed by atoms with Gasteiger partial charge in [0.05, 0.1) is 5.69 Å². The minimum absolute atomic E-state index is 0.00310. The van der Waals surface area contributed by atoms with Gasteiger partial charge in [-0.2, -0.15) is 0 Å². The number of hydrogen-bond donors (Lipinski definition) is 2. The minimum atomic E-state index is -0.271. The van der Waals surface area contributed by atoms with Gasteiger partial charge in [-0.15, -0.1) is 0 Å². The molecule has 0 saturated heterocycles. The minimum Gasteiger partial charge on any atom is -0.369 e. The lowest BCUT2D eigenvalue weighted by Crippen LogP contribution is -2.41. The maximum atomic E-state index is 12.7. The Balaban J connectivity index is 1.78. The van der Waals surface area contributed by atoms with Crippen molar-refractivity contribution in [2.24, 2.45) is 11.7 Å². The zero-order valence-corrected chi connectivity index (χ0v) is 14.4. The average molecular weight is 337 g/mol. The van der Waals surface area contributed by atoms with Gasteiger partial charge in [0.25, 0.3) is 5.91 Å². The Morgan fingerprint density at radius 1 is 1.16 bits per heavy atom. The van der Waals surface area contributed by atoms with E-state index in [1.54, 1.807) is 6.20 Å². The monoisotopic (exact) mass is 337 g/mol. The molecule has 1 heterocycles. The van der Waals surface area contributed by atoms with Crippen LogP contribution in [0, 0.1) is 12.8 Å². The van der Waals surface area contributed by atoms with Gasteiger partial charge < -0.3 is 11.1 Å². The molecule has 1 aliphatic rings. The third-order valence-electron chi connectivity index (χ3n) is 4.93. The number of rotatable bonds is 4. The highest BCUT2D eigenvalue weighted by molar-refractivity contribution is 5.97. The van der Waals surface area contributed by atoms with E-state index in [4.69, 9.17) is 5.73 Å². The van der Waals surface area contributed by atoms with E-state index >= 15 is 0 Å². The molecule has 5 nitrogen and oxygen atoms in total. The molecule has 2 aromatic rings. The Bertz CT molecular complexity index is 774. The van der Waals surface area contributed by atoms with Crippen LogP contribution in [-0.4, -0.2) is 22.8 Å². The molecule has 2 atom stereocenters. The van der Waals surface area contributed by atoms with Gasteiger partial charge in [0.1, 0.15) is 0 Å². The predicted molar refractivity (Wildman–Crippen MR) is 96.8 cm³/mol. The summed E-state index contributed by atoms with van der Waals surface area (Å²) >= 11 is 0. The molecule has 0 spiro atoms. The molecule has 1 aliphatic carbocycles. The number of hydrogen-bond acceptors (Lipinski definition) is 3. The summed E-state index contributed by atoms with van der Waals surface area (Å²) in [6.45, 7) is 1.94. The third kappa shape index (κ3) is 3.87. The number of carbonyl (C=O) groups is 2. The van der Waals surface area contributed by atoms with Crippen molar-refractivity contribution in [3.05, 3.63) is 53.7 Å². The van der Waals surface area contributed by atoms with E-state index in [2.05, 4.69) is 10.3 Å². The largest absolute Gasteiger partial charge is 0.369 e. The molecule has 130 valence electrons. The molecule has 2 amide bonds. The van der Waals surface area contributed by atoms with Crippen molar-refractivity contribution in [3.63, 3.8) is 0 Å². The Hall–Kier alpha value is -2.69. The fourth-order valence-corrected chi connectivity index (χ4v) is 3.52. The molecular formula is C20H23N3O2. The molecule has 0 radical (unpaired) electrons. The van der Waals surface area contributed by atoms with E-state index < -0.39 is 0 Å². The van der Waals surface area contributed by atoms with Crippen molar-refractivity contribution in [2.45, 2.75) is 38.6 Å². The zero-order chi connectivity index (χ0) is 17.8. The Labute approximate surface area is 147 Å². The van der Waals surface area contributed by atoms with Gasteiger partial charge >= 0.3 is 0 Å². The van der Waals surface area contributed by atoms with Crippen LogP contribution in [0.25, 0.3) is 11.3 Å². The van der Waals surface area contributed by atoms with Crippen LogP contribution in [0.5, 0.6) is 0 Å². The lowest BCUT2D eigenvalue weighted by atomic mass is 9.85. The fraction of sp³-hybridized carbons (Fsp3) is 0.350. The second-order valence-corrected chi connectivity index (χ2v) is 6.63. The first-order valence-corrected chi connectivity index (χ1v) is 8.67. The fourth-order valence-electron chi connectivity index (χ4n) is 3.52. The summed E-state index contributed by atoms with van der Waals surface area (Å²) in [6, 6.07) is 11.4. The van der Waals surface area contributed by atoms with Crippen LogP contribution in [0.4, 0.5) is 0 Å². The van der Waals surface area contributed by atoms with E-state index in [1.165, 1.54) is 0 Å². The van der Waals surface area contributed by atoms with E-state index in [0.29, 0.717) is 12.0 Å². The number of primary amides is 1. The van der Waals surface area contributed by atoms with Gasteiger partial charge in [0.2, 0.25) is 5.91 Å². The quantitative estimate of drug-likeness (QED) is 0.899. The van der Waals surface area contributed by atoms with Crippen molar-refractivity contribution < 1.29 is 9.59 Å². The first kappa shape index (κ1) is 17.1. The zero-order valence-electron chi connectivity index (χ0n) is 14.4. The highest BCUT2D eigenvalue weighted by atomic mass is 16.2. The SMILES string of the molecule is Cc1c(C(=O)N[C@H]2CCC[C@@H](C(N)=O)C2)cccc1-c1ccccn1. The van der Waals surface area contributed by atoms with Gasteiger partial charge in [-0.05, 0) is 49.9 Å². The molecule has 1 aromatic carbocycles. The Kier molecular flexibility index (Phi) is 5.12. The van der Waals surface area contributed by atoms with Crippen LogP contribution in [0.15, 0.2) is 42.6 Å². The molecule has 0 aliphatic heterocycles. The van der Waals surface area contributed by atoms with Crippen molar-refractivity contribution in [1.82, 2.24) is 10.3 Å². The highest BCUT2D eigenvalue weighted by Gasteiger charge is 2.27. The second kappa shape index (κ2) is 7.47. The molecule has 1 fully saturated rings. The standard InChI is InChI=1S/C20H23N3O2/c1-13-16(18-10-2-3-11-22-18)8-5-9-17(13)20(25)23-15-7-4-6-14(12-15)19(21)24/h2-3,5,8-11,14-15H,4,6-7,12H2,1H3,(H2,21,24)(H,23,25)/t14-,15+/m1/s1. The number of amides is 2. The van der Waals surface area contributed by atoms with Crippen molar-refractivity contribution in [3.8, 4) is 11.3 Å². The van der Waals surface area contributed by atoms with E-state index in [-0.39, 0.29) is 23.8 Å². The Morgan fingerprint density at radius 3 is 2.72 bits per heavy atom. The van der Waals surface area contributed by atoms with Gasteiger partial charge in [-0.25, -0.2) is 0 Å². The summed E-state index contributed by atoms with van der Waals surface area (Å²) in [4.78, 5) is 28.5. The molecule has 1 saturated carbocycles. The summed E-state index contributed by atoms with van der Waals surface area (Å²) in [6.07, 6.45) is 4.98. The maximum absolute atomic E-state index is 12.7. The molecular weight excluding hydrogens is 314 g/mol. The number of carbonyl (C=O) groups excluding carboxylic acids is 2. The van der Waals surface area contributed by atoms with Crippen LogP contribution < -0.4 is 11.1 Å². The highest BCUT2D eigenvalue weighted by Crippen LogP contribution is 2.26. The average Bonchev–Trinajstić information content (AvgIpc) is 2.62. The van der Waals surface area contributed by atoms with Gasteiger partial charge in [-0.3, -0.25) is 14.6 Å². The van der Waals surface area contributed by atoms with Crippen LogP contribution in [0.1, 0.15) is 41.6 Å². The van der Waals surface area contributed by atoms with Crippen molar-refractivity contribution in [2.75, 3.05) is 0 Å². The number of nitrogens with zero attached hydrogens (tertiary/aromatic N) is 1. The van der Waals surface area contributed by atoms with Crippen LogP contribution in [0.3, 0.4) is 0 Å². The summed E-state index contributed by atoms with van der Waals surface area (Å²) in [5, 5.41) is 3.07. The normalized spacial score (nSPS) is 20.0. The molecule has 5 heteroatoms. The van der Waals surface area contributed by atoms with E-state index in [9.17, 15) is 9.59 Å². The van der Waals surface area contributed by atoms with E-state index in [0.717, 1.165) is 36.1 Å². The maximum Gasteiger partial charge on any atom is 0.251 e. The third-order valence-corrected chi connectivity index (χ3v) is 4.93. The summed E-state index contributed by atoms with van der Waals surface area (Å²) in [5.74, 6) is -0.516. The van der Waals surface area contributed by atoms with E-state index in [1.807, 2.05) is 43.3 Å². The molecule has 3 N–H and O–H groups in total. The number of nitrogens with one attached hydrogen (secondary N) is 1. The van der Waals surface area contributed by atoms with Gasteiger partial charge in [0, 0.05) is 29.3 Å². The van der Waals surface area contributed by atoms with Crippen LogP contribution >= 0.6 is 0 Å². The number of nitrogens with two attached hydrogens (primary N) is 1. The number of pyridine rings is 1. The second-order valence-electron chi connectivity index (χ2n) is 6.63. The number of benzene rings is 1. The smallest absolute Gasteiger partial charge is 0.251 e. The van der Waals surface area contributed by atoms with Crippen molar-refractivity contribution >= 4 is 11.8 Å². The first-order chi connectivity index (χ1) is 12.1. The molecule has 3 rings (SSSR count). The molecule has 25 heavy (non-hydrogen) atoms. The molecule has 0 unspecified atom stereocenters. The topological polar surface area (TPSA) is 85.1 Å². The van der Waals surface area contributed by atoms with Crippen LogP contribution in [-0.2, 0) is 4.79 Å². The lowest BCUT2D eigenvalue weighted by Gasteiger charge is -2.28. The lowest BCUT2D eigenvalue weighted by molar-refractivity contribution is -0.122. The van der Waals surface area contributed by atoms with Gasteiger partial charge in [-0.1, -0.05) is 24.6 Å². The number of aromatic nitrogens is 1. The molecule has 1 aromatic heterocycles. The Morgan fingerprint density at radius 2 is 2.00 bits per heavy atom. The summed E-state index contributed by atoms with van der Waals surface area (Å²) < 4.78 is 0. The summed E-state index contributed by atoms with van der Waals surface area (Å²) in [5.41, 5.74) is 8.77.